The highest BCUT2D eigenvalue weighted by molar-refractivity contribution is 7.89. The van der Waals surface area contributed by atoms with E-state index in [0.717, 1.165) is 9.87 Å². The fourth-order valence-electron chi connectivity index (χ4n) is 5.11. The van der Waals surface area contributed by atoms with Crippen LogP contribution in [0.4, 0.5) is 0 Å². The number of aliphatic hydroxyl groups excluding tert-OH is 1. The number of aryl methyl sites for hydroxylation is 1. The summed E-state index contributed by atoms with van der Waals surface area (Å²) < 4.78 is 36.3. The molecule has 1 fully saturated rings. The molecule has 5 atom stereocenters. The summed E-state index contributed by atoms with van der Waals surface area (Å²) in [5.74, 6) is -0.921. The van der Waals surface area contributed by atoms with Crippen molar-refractivity contribution in [2.45, 2.75) is 81.1 Å². The van der Waals surface area contributed by atoms with E-state index in [9.17, 15) is 23.6 Å². The Morgan fingerprint density at radius 2 is 1.40 bits per heavy atom. The van der Waals surface area contributed by atoms with Crippen LogP contribution in [0.1, 0.15) is 49.4 Å². The fourth-order valence-corrected chi connectivity index (χ4v) is 8.09. The van der Waals surface area contributed by atoms with Crippen LogP contribution in [0.15, 0.2) is 89.8 Å². The van der Waals surface area contributed by atoms with E-state index in [1.165, 1.54) is 12.1 Å². The van der Waals surface area contributed by atoms with Gasteiger partial charge >= 0.3 is 0 Å². The second kappa shape index (κ2) is 11.2. The normalized spacial score (nSPS) is 24.5. The molecule has 40 heavy (non-hydrogen) atoms. The van der Waals surface area contributed by atoms with Gasteiger partial charge in [-0.1, -0.05) is 99.1 Å². The highest BCUT2D eigenvalue weighted by Gasteiger charge is 2.61. The van der Waals surface area contributed by atoms with Crippen molar-refractivity contribution in [2.24, 2.45) is 0 Å². The first-order chi connectivity index (χ1) is 18.7. The van der Waals surface area contributed by atoms with Crippen molar-refractivity contribution in [1.29, 1.82) is 0 Å². The summed E-state index contributed by atoms with van der Waals surface area (Å²) in [6.45, 7) is 11.9. The molecule has 1 saturated heterocycles. The molecular weight excluding hydrogens is 544 g/mol. The van der Waals surface area contributed by atoms with Gasteiger partial charge in [-0.2, -0.15) is 4.31 Å². The Hall–Kier alpha value is -2.89. The Morgan fingerprint density at radius 1 is 0.900 bits per heavy atom. The molecule has 3 aromatic carbocycles. The summed E-state index contributed by atoms with van der Waals surface area (Å²) in [4.78, 5) is 12.6. The Bertz CT molecular complexity index is 1430. The molecule has 10 heteroatoms. The Labute approximate surface area is 238 Å². The molecule has 0 spiro atoms. The van der Waals surface area contributed by atoms with E-state index in [1.807, 2.05) is 46.9 Å². The smallest absolute Gasteiger partial charge is 0.246 e. The van der Waals surface area contributed by atoms with E-state index in [0.29, 0.717) is 11.1 Å². The predicted molar refractivity (Wildman–Crippen MR) is 157 cm³/mol. The van der Waals surface area contributed by atoms with Crippen molar-refractivity contribution in [1.82, 2.24) is 4.31 Å². The van der Waals surface area contributed by atoms with Crippen molar-refractivity contribution in [3.05, 3.63) is 112 Å². The summed E-state index contributed by atoms with van der Waals surface area (Å²) in [6.07, 6.45) is -2.87. The van der Waals surface area contributed by atoms with Gasteiger partial charge in [0, 0.05) is 4.92 Å². The van der Waals surface area contributed by atoms with E-state index in [4.69, 9.17) is 4.43 Å². The number of hydrogen-bond acceptors (Lipinski definition) is 6. The van der Waals surface area contributed by atoms with Crippen molar-refractivity contribution in [2.75, 3.05) is 0 Å². The van der Waals surface area contributed by atoms with E-state index in [-0.39, 0.29) is 9.93 Å². The van der Waals surface area contributed by atoms with Crippen LogP contribution in [0.3, 0.4) is 0 Å². The molecular formula is C30H38N2O6SSi. The molecule has 0 radical (unpaired) electrons. The van der Waals surface area contributed by atoms with Crippen LogP contribution >= 0.6 is 0 Å². The number of aliphatic hydroxyl groups is 1. The Balaban J connectivity index is 2.01. The van der Waals surface area contributed by atoms with Crippen LogP contribution in [-0.4, -0.2) is 49.4 Å². The van der Waals surface area contributed by atoms with Crippen molar-refractivity contribution >= 4 is 18.3 Å². The van der Waals surface area contributed by atoms with Crippen LogP contribution in [0.5, 0.6) is 0 Å². The second-order valence-electron chi connectivity index (χ2n) is 12.0. The van der Waals surface area contributed by atoms with Gasteiger partial charge < -0.3 is 9.53 Å². The van der Waals surface area contributed by atoms with Gasteiger partial charge in [0.2, 0.25) is 16.1 Å². The van der Waals surface area contributed by atoms with E-state index >= 15 is 0 Å². The molecule has 0 amide bonds. The molecule has 0 aliphatic carbocycles. The molecule has 1 N–H and O–H groups in total. The average molecular weight is 583 g/mol. The maximum atomic E-state index is 14.3. The monoisotopic (exact) mass is 582 g/mol. The van der Waals surface area contributed by atoms with Crippen molar-refractivity contribution < 1.29 is 22.9 Å². The fraction of sp³-hybridized carbons (Fsp3) is 0.400. The zero-order valence-corrected chi connectivity index (χ0v) is 25.6. The number of rotatable bonds is 7. The number of hydrogen-bond donors (Lipinski definition) is 1. The van der Waals surface area contributed by atoms with Crippen LogP contribution < -0.4 is 0 Å². The molecule has 8 nitrogen and oxygen atoms in total. The molecule has 214 valence electrons. The molecule has 0 unspecified atom stereocenters. The number of nitro groups is 1. The van der Waals surface area contributed by atoms with Crippen molar-refractivity contribution in [3.63, 3.8) is 0 Å². The molecule has 4 rings (SSSR count). The number of sulfonamides is 1. The minimum Gasteiger partial charge on any atom is -0.409 e. The zero-order valence-electron chi connectivity index (χ0n) is 23.8. The van der Waals surface area contributed by atoms with E-state index in [2.05, 4.69) is 0 Å². The quantitative estimate of drug-likeness (QED) is 0.212. The first-order valence-electron chi connectivity index (χ1n) is 13.4. The molecule has 0 saturated carbocycles. The summed E-state index contributed by atoms with van der Waals surface area (Å²) in [7, 11) is -7.06. The summed E-state index contributed by atoms with van der Waals surface area (Å²) in [5.41, 5.74) is 1.90. The zero-order chi connectivity index (χ0) is 29.5. The van der Waals surface area contributed by atoms with Crippen LogP contribution in [0.2, 0.25) is 18.1 Å². The molecule has 0 bridgehead atoms. The molecule has 1 aliphatic rings. The van der Waals surface area contributed by atoms with Crippen LogP contribution in [-0.2, 0) is 14.4 Å². The van der Waals surface area contributed by atoms with Crippen LogP contribution in [0, 0.1) is 17.0 Å². The SMILES string of the molecule is Cc1ccc(S(=O)(=O)N2[C@H](O)[C@@H](O[Si](C)(C)C(C)(C)C)[C@@H](c3ccccc3)[C@@H]([N+](=O)[O-])[C@@H]2c2ccccc2)cc1. The third kappa shape index (κ3) is 5.64. The van der Waals surface area contributed by atoms with Gasteiger partial charge in [-0.3, -0.25) is 10.1 Å². The largest absolute Gasteiger partial charge is 0.409 e. The second-order valence-corrected chi connectivity index (χ2v) is 18.6. The molecule has 1 heterocycles. The third-order valence-corrected chi connectivity index (χ3v) is 14.6. The van der Waals surface area contributed by atoms with E-state index < -0.39 is 53.6 Å². The van der Waals surface area contributed by atoms with Gasteiger partial charge in [0.05, 0.1) is 16.9 Å². The van der Waals surface area contributed by atoms with Gasteiger partial charge in [-0.05, 0) is 48.3 Å². The maximum Gasteiger partial charge on any atom is 0.246 e. The number of nitrogens with zero attached hydrogens (tertiary/aromatic N) is 2. The first-order valence-corrected chi connectivity index (χ1v) is 17.7. The summed E-state index contributed by atoms with van der Waals surface area (Å²) in [5, 5.41) is 24.8. The van der Waals surface area contributed by atoms with Gasteiger partial charge in [0.25, 0.3) is 0 Å². The van der Waals surface area contributed by atoms with Gasteiger partial charge in [-0.15, -0.1) is 0 Å². The third-order valence-electron chi connectivity index (χ3n) is 8.28. The average Bonchev–Trinajstić information content (AvgIpc) is 2.89. The lowest BCUT2D eigenvalue weighted by Crippen LogP contribution is -2.65. The first kappa shape index (κ1) is 30.1. The Morgan fingerprint density at radius 3 is 1.88 bits per heavy atom. The Kier molecular flexibility index (Phi) is 8.40. The standard InChI is InChI=1S/C30H38N2O6SSi/c1-21-17-19-24(20-18-21)39(36,37)31-26(23-15-11-8-12-16-23)27(32(34)35)25(22-13-9-7-10-14-22)28(29(31)33)38-40(5,6)30(2,3)4/h7-20,25-29,33H,1-6H3/t25-,26-,27+,28-,29+/m0/s1. The number of benzene rings is 3. The van der Waals surface area contributed by atoms with E-state index in [1.54, 1.807) is 66.7 Å². The molecule has 0 aromatic heterocycles. The minimum absolute atomic E-state index is 0.0515. The predicted octanol–water partition coefficient (Wildman–Crippen LogP) is 5.88. The highest BCUT2D eigenvalue weighted by atomic mass is 32.2. The van der Waals surface area contributed by atoms with Crippen molar-refractivity contribution in [3.8, 4) is 0 Å². The lowest BCUT2D eigenvalue weighted by molar-refractivity contribution is -0.543. The maximum absolute atomic E-state index is 14.3. The van der Waals surface area contributed by atoms with Crippen LogP contribution in [0.25, 0.3) is 0 Å². The molecule has 1 aliphatic heterocycles. The summed E-state index contributed by atoms with van der Waals surface area (Å²) in [6, 6.07) is 21.0. The van der Waals surface area contributed by atoms with Gasteiger partial charge in [-0.25, -0.2) is 8.42 Å². The van der Waals surface area contributed by atoms with Gasteiger partial charge in [0.15, 0.2) is 8.32 Å². The van der Waals surface area contributed by atoms with Gasteiger partial charge in [0.1, 0.15) is 12.3 Å². The highest BCUT2D eigenvalue weighted by Crippen LogP contribution is 2.49. The lowest BCUT2D eigenvalue weighted by Gasteiger charge is -2.50. The summed E-state index contributed by atoms with van der Waals surface area (Å²) >= 11 is 0. The molecule has 3 aromatic rings. The lowest BCUT2D eigenvalue weighted by atomic mass is 9.77. The minimum atomic E-state index is -4.41. The topological polar surface area (TPSA) is 110 Å². The number of piperidine rings is 1.